The molecule has 1 unspecified atom stereocenters. The number of rotatable bonds is 8. The average Bonchev–Trinajstić information content (AvgIpc) is 2.93. The topological polar surface area (TPSA) is 148 Å². The third-order valence-corrected chi connectivity index (χ3v) is 5.76. The van der Waals surface area contributed by atoms with Gasteiger partial charge in [0, 0.05) is 25.8 Å². The summed E-state index contributed by atoms with van der Waals surface area (Å²) in [6.07, 6.45) is -11.1. The molecule has 16 heteroatoms. The number of halogens is 6. The first-order valence-corrected chi connectivity index (χ1v) is 12.7. The number of nitrogens with one attached hydrogen (secondary N) is 2. The van der Waals surface area contributed by atoms with Crippen LogP contribution in [0.3, 0.4) is 0 Å². The highest BCUT2D eigenvalue weighted by molar-refractivity contribution is 6.05. The number of alkyl halides is 6. The summed E-state index contributed by atoms with van der Waals surface area (Å²) < 4.78 is 87.7. The van der Waals surface area contributed by atoms with Crippen LogP contribution >= 0.6 is 0 Å². The van der Waals surface area contributed by atoms with Crippen LogP contribution in [0.4, 0.5) is 37.7 Å². The van der Waals surface area contributed by atoms with Gasteiger partial charge in [0.05, 0.1) is 54.0 Å². The molecule has 0 aliphatic carbocycles. The summed E-state index contributed by atoms with van der Waals surface area (Å²) in [6, 6.07) is 2.89. The molecule has 0 spiro atoms. The van der Waals surface area contributed by atoms with Gasteiger partial charge in [-0.3, -0.25) is 14.4 Å². The molecular weight excluding hydrogens is 606 g/mol. The van der Waals surface area contributed by atoms with E-state index in [0.29, 0.717) is 12.1 Å². The number of anilines is 2. The van der Waals surface area contributed by atoms with Gasteiger partial charge in [-0.25, -0.2) is 9.59 Å². The third-order valence-electron chi connectivity index (χ3n) is 5.76. The van der Waals surface area contributed by atoms with Gasteiger partial charge in [-0.15, -0.1) is 0 Å². The summed E-state index contributed by atoms with van der Waals surface area (Å²) in [4.78, 5) is 57.3. The summed E-state index contributed by atoms with van der Waals surface area (Å²) in [5, 5.41) is 14.1. The second-order valence-electron chi connectivity index (χ2n) is 8.97. The SMILES string of the molecule is CCC(=O)c1cc(C(=O)OC)c(NC(C)=O)cc1C(F)(F)F.CCC(O)c1cc(C(=O)OC)c(NC(C)=O)cc1C(F)(F)F. The Morgan fingerprint density at radius 1 is 0.727 bits per heavy atom. The Labute approximate surface area is 247 Å². The highest BCUT2D eigenvalue weighted by atomic mass is 19.4. The van der Waals surface area contributed by atoms with E-state index in [0.717, 1.165) is 40.2 Å². The third kappa shape index (κ3) is 9.79. The Morgan fingerprint density at radius 2 is 1.14 bits per heavy atom. The zero-order chi connectivity index (χ0) is 34.2. The van der Waals surface area contributed by atoms with E-state index in [1.807, 2.05) is 0 Å². The molecule has 10 nitrogen and oxygen atoms in total. The summed E-state index contributed by atoms with van der Waals surface area (Å²) in [7, 11) is 2.10. The number of carbonyl (C=O) groups is 5. The maximum Gasteiger partial charge on any atom is 0.417 e. The molecule has 2 amide bonds. The first-order chi connectivity index (χ1) is 20.2. The quantitative estimate of drug-likeness (QED) is 0.183. The molecule has 0 heterocycles. The molecule has 0 fully saturated rings. The van der Waals surface area contributed by atoms with E-state index < -0.39 is 70.2 Å². The molecule has 0 radical (unpaired) electrons. The number of esters is 2. The van der Waals surface area contributed by atoms with Crippen LogP contribution < -0.4 is 10.6 Å². The van der Waals surface area contributed by atoms with Crippen molar-refractivity contribution < 1.29 is 64.9 Å². The fraction of sp³-hybridized carbons (Fsp3) is 0.393. The molecule has 1 atom stereocenters. The molecule has 0 aliphatic rings. The number of Topliss-reactive ketones (excluding diaryl/α,β-unsaturated/α-hetero) is 1. The van der Waals surface area contributed by atoms with E-state index in [4.69, 9.17) is 0 Å². The van der Waals surface area contributed by atoms with Gasteiger partial charge in [0.15, 0.2) is 5.78 Å². The number of methoxy groups -OCH3 is 2. The fourth-order valence-electron chi connectivity index (χ4n) is 3.76. The van der Waals surface area contributed by atoms with Crippen molar-refractivity contribution in [2.45, 2.75) is 59.0 Å². The molecule has 3 N–H and O–H groups in total. The number of ketones is 1. The predicted molar refractivity (Wildman–Crippen MR) is 144 cm³/mol. The number of aliphatic hydroxyl groups excluding tert-OH is 1. The number of aliphatic hydroxyl groups is 1. The van der Waals surface area contributed by atoms with Crippen LogP contribution in [0.25, 0.3) is 0 Å². The normalized spacial score (nSPS) is 11.8. The van der Waals surface area contributed by atoms with Gasteiger partial charge in [0.25, 0.3) is 0 Å². The number of hydrogen-bond donors (Lipinski definition) is 3. The van der Waals surface area contributed by atoms with Crippen molar-refractivity contribution in [2.75, 3.05) is 24.9 Å². The first-order valence-electron chi connectivity index (χ1n) is 12.7. The van der Waals surface area contributed by atoms with Crippen LogP contribution in [0.1, 0.15) is 94.4 Å². The van der Waals surface area contributed by atoms with E-state index >= 15 is 0 Å². The van der Waals surface area contributed by atoms with Crippen LogP contribution in [0, 0.1) is 0 Å². The smallest absolute Gasteiger partial charge is 0.417 e. The highest BCUT2D eigenvalue weighted by Crippen LogP contribution is 2.39. The van der Waals surface area contributed by atoms with Gasteiger partial charge in [0.2, 0.25) is 11.8 Å². The lowest BCUT2D eigenvalue weighted by atomic mass is 9.96. The summed E-state index contributed by atoms with van der Waals surface area (Å²) >= 11 is 0. The molecule has 44 heavy (non-hydrogen) atoms. The van der Waals surface area contributed by atoms with E-state index in [9.17, 15) is 55.4 Å². The molecule has 0 bridgehead atoms. The summed E-state index contributed by atoms with van der Waals surface area (Å²) in [5.74, 6) is -3.94. The lowest BCUT2D eigenvalue weighted by molar-refractivity contribution is -0.139. The number of benzene rings is 2. The lowest BCUT2D eigenvalue weighted by Gasteiger charge is -2.20. The number of ether oxygens (including phenoxy) is 2. The lowest BCUT2D eigenvalue weighted by Crippen LogP contribution is -2.18. The Balaban J connectivity index is 0.000000440. The largest absolute Gasteiger partial charge is 0.465 e. The molecule has 2 aromatic rings. The number of hydrogen-bond acceptors (Lipinski definition) is 8. The van der Waals surface area contributed by atoms with Crippen LogP contribution in [0.5, 0.6) is 0 Å². The van der Waals surface area contributed by atoms with Crippen molar-refractivity contribution >= 4 is 40.9 Å². The standard InChI is InChI=1S/C14H16F3NO4.C14H14F3NO4/c2*1-4-12(20)8-5-9(13(21)22-3)11(18-7(2)19)6-10(8)14(15,16)17/h5-6,12,20H,4H2,1-3H3,(H,18,19);5-6H,4H2,1-3H3,(H,18,19). The monoisotopic (exact) mass is 636 g/mol. The van der Waals surface area contributed by atoms with Crippen molar-refractivity contribution in [1.29, 1.82) is 0 Å². The van der Waals surface area contributed by atoms with Gasteiger partial charge < -0.3 is 25.2 Å². The van der Waals surface area contributed by atoms with Crippen molar-refractivity contribution in [3.63, 3.8) is 0 Å². The molecule has 0 aliphatic heterocycles. The molecule has 0 aromatic heterocycles. The minimum absolute atomic E-state index is 0.0309. The van der Waals surface area contributed by atoms with Gasteiger partial charge in [-0.05, 0) is 36.2 Å². The Kier molecular flexibility index (Phi) is 13.1. The Morgan fingerprint density at radius 3 is 1.48 bits per heavy atom. The maximum atomic E-state index is 13.1. The van der Waals surface area contributed by atoms with Crippen molar-refractivity contribution in [3.05, 3.63) is 57.6 Å². The highest BCUT2D eigenvalue weighted by Gasteiger charge is 2.38. The summed E-state index contributed by atoms with van der Waals surface area (Å²) in [6.45, 7) is 5.09. The predicted octanol–water partition coefficient (Wildman–Crippen LogP) is 5.94. The zero-order valence-corrected chi connectivity index (χ0v) is 24.4. The number of amides is 2. The van der Waals surface area contributed by atoms with Crippen molar-refractivity contribution in [2.24, 2.45) is 0 Å². The van der Waals surface area contributed by atoms with E-state index in [1.54, 1.807) is 0 Å². The van der Waals surface area contributed by atoms with Crippen LogP contribution in [0.2, 0.25) is 0 Å². The van der Waals surface area contributed by atoms with Crippen LogP contribution in [-0.4, -0.2) is 48.9 Å². The van der Waals surface area contributed by atoms with Gasteiger partial charge >= 0.3 is 24.3 Å². The van der Waals surface area contributed by atoms with E-state index in [1.165, 1.54) is 13.8 Å². The first kappa shape index (κ1) is 37.6. The fourth-order valence-corrected chi connectivity index (χ4v) is 3.76. The van der Waals surface area contributed by atoms with Gasteiger partial charge in [0.1, 0.15) is 0 Å². The molecular formula is C28H30F6N2O8. The second-order valence-corrected chi connectivity index (χ2v) is 8.97. The number of carbonyl (C=O) groups excluding carboxylic acids is 5. The Hall–Kier alpha value is -4.47. The van der Waals surface area contributed by atoms with Gasteiger partial charge in [-0.2, -0.15) is 26.3 Å². The zero-order valence-electron chi connectivity index (χ0n) is 24.4. The van der Waals surface area contributed by atoms with Crippen LogP contribution in [-0.2, 0) is 31.4 Å². The molecule has 2 aromatic carbocycles. The van der Waals surface area contributed by atoms with Crippen LogP contribution in [0.15, 0.2) is 24.3 Å². The maximum absolute atomic E-state index is 13.1. The minimum Gasteiger partial charge on any atom is -0.465 e. The summed E-state index contributed by atoms with van der Waals surface area (Å²) in [5.41, 5.74) is -4.66. The molecule has 242 valence electrons. The van der Waals surface area contributed by atoms with E-state index in [-0.39, 0.29) is 35.3 Å². The van der Waals surface area contributed by atoms with Crippen molar-refractivity contribution in [3.8, 4) is 0 Å². The van der Waals surface area contributed by atoms with E-state index in [2.05, 4.69) is 20.1 Å². The van der Waals surface area contributed by atoms with Gasteiger partial charge in [-0.1, -0.05) is 13.8 Å². The molecule has 2 rings (SSSR count). The minimum atomic E-state index is -4.80. The Bertz CT molecular complexity index is 1420. The second kappa shape index (κ2) is 15.3. The average molecular weight is 637 g/mol. The van der Waals surface area contributed by atoms with Crippen molar-refractivity contribution in [1.82, 2.24) is 0 Å². The molecule has 0 saturated carbocycles. The molecule has 0 saturated heterocycles.